The van der Waals surface area contributed by atoms with E-state index in [4.69, 9.17) is 44.3 Å². The lowest BCUT2D eigenvalue weighted by Gasteiger charge is -2.29. The van der Waals surface area contributed by atoms with E-state index in [1.165, 1.54) is 18.2 Å². The van der Waals surface area contributed by atoms with Crippen LogP contribution in [0.15, 0.2) is 18.2 Å². The van der Waals surface area contributed by atoms with Crippen molar-refractivity contribution in [3.05, 3.63) is 28.3 Å². The molecule has 0 aliphatic carbocycles. The highest BCUT2D eigenvalue weighted by Gasteiger charge is 2.62. The number of phenols is 1. The van der Waals surface area contributed by atoms with Gasteiger partial charge in [0, 0.05) is 4.92 Å². The summed E-state index contributed by atoms with van der Waals surface area (Å²) in [6.07, 6.45) is 0. The molecule has 18 heavy (non-hydrogen) atoms. The summed E-state index contributed by atoms with van der Waals surface area (Å²) in [7, 11) is 0. The molecule has 1 atom stereocenters. The number of hydrogen-bond donors (Lipinski definition) is 1. The van der Waals surface area contributed by atoms with Gasteiger partial charge in [-0.15, -0.1) is 0 Å². The highest BCUT2D eigenvalue weighted by Crippen LogP contribution is 2.52. The van der Waals surface area contributed by atoms with Gasteiger partial charge < -0.3 is 14.6 Å². The van der Waals surface area contributed by atoms with Crippen LogP contribution in [0.2, 0.25) is 0 Å². The van der Waals surface area contributed by atoms with Crippen LogP contribution in [0.4, 0.5) is 0 Å². The minimum Gasteiger partial charge on any atom is -0.504 e. The van der Waals surface area contributed by atoms with Crippen LogP contribution in [-0.4, -0.2) is 26.2 Å². The van der Waals surface area contributed by atoms with Gasteiger partial charge in [0.05, 0.1) is 0 Å². The van der Waals surface area contributed by atoms with Gasteiger partial charge in [0.1, 0.15) is 0 Å². The van der Waals surface area contributed by atoms with Crippen LogP contribution in [0, 0.1) is 10.1 Å². The zero-order chi connectivity index (χ0) is 13.6. The first-order valence-electron chi connectivity index (χ1n) is 4.64. The molecule has 9 heteroatoms. The molecule has 98 valence electrons. The number of alkyl halides is 3. The Morgan fingerprint density at radius 1 is 1.39 bits per heavy atom. The Labute approximate surface area is 116 Å². The Kier molecular flexibility index (Phi) is 3.12. The summed E-state index contributed by atoms with van der Waals surface area (Å²) < 4.78 is 8.22. The average molecular weight is 315 g/mol. The van der Waals surface area contributed by atoms with E-state index in [1.807, 2.05) is 0 Å². The van der Waals surface area contributed by atoms with Crippen LogP contribution in [-0.2, 0) is 0 Å². The number of phenolic OH excluding ortho intramolecular Hbond substituents is 1. The zero-order valence-corrected chi connectivity index (χ0v) is 10.9. The van der Waals surface area contributed by atoms with Gasteiger partial charge in [-0.1, -0.05) is 40.9 Å². The molecule has 1 aliphatic heterocycles. The number of fused-ring (bicyclic) bond motifs is 1. The van der Waals surface area contributed by atoms with Gasteiger partial charge in [-0.3, -0.25) is 10.1 Å². The number of nitrogens with zero attached hydrogens (tertiary/aromatic N) is 1. The molecule has 1 aromatic rings. The summed E-state index contributed by atoms with van der Waals surface area (Å²) in [5.41, 5.74) is 0. The first-order valence-corrected chi connectivity index (χ1v) is 5.77. The summed E-state index contributed by atoms with van der Waals surface area (Å²) in [6, 6.07) is 4.23. The molecule has 0 spiro atoms. The van der Waals surface area contributed by atoms with Crippen LogP contribution in [0.1, 0.15) is 0 Å². The molecule has 0 aromatic heterocycles. The van der Waals surface area contributed by atoms with Crippen LogP contribution in [0.3, 0.4) is 0 Å². The maximum absolute atomic E-state index is 10.7. The Balaban J connectivity index is 2.44. The van der Waals surface area contributed by atoms with Crippen molar-refractivity contribution < 1.29 is 19.5 Å². The van der Waals surface area contributed by atoms with Crippen molar-refractivity contribution in [3.63, 3.8) is 0 Å². The SMILES string of the molecule is O=[N+]([O-])C[C@]1(C(Cl)(Cl)Cl)Oc2cccc(O)c2O1. The zero-order valence-electron chi connectivity index (χ0n) is 8.60. The molecule has 6 nitrogen and oxygen atoms in total. The van der Waals surface area contributed by atoms with E-state index < -0.39 is 21.0 Å². The summed E-state index contributed by atoms with van der Waals surface area (Å²) in [6.45, 7) is -0.891. The van der Waals surface area contributed by atoms with Gasteiger partial charge in [-0.2, -0.15) is 0 Å². The monoisotopic (exact) mass is 313 g/mol. The molecule has 0 saturated carbocycles. The number of halogens is 3. The molecule has 0 fully saturated rings. The van der Waals surface area contributed by atoms with E-state index in [1.54, 1.807) is 0 Å². The summed E-state index contributed by atoms with van der Waals surface area (Å²) in [5, 5.41) is 20.2. The molecule has 0 saturated heterocycles. The lowest BCUT2D eigenvalue weighted by molar-refractivity contribution is -0.509. The fraction of sp³-hybridized carbons (Fsp3) is 0.333. The normalized spacial score (nSPS) is 21.9. The molecular weight excluding hydrogens is 308 g/mol. The Bertz CT molecular complexity index is 503. The number of benzene rings is 1. The van der Waals surface area contributed by atoms with Gasteiger partial charge in [-0.05, 0) is 12.1 Å². The molecule has 0 radical (unpaired) electrons. The standard InChI is InChI=1S/C9H6Cl3NO5/c10-9(11,12)8(4-13(15)16)17-6-3-1-2-5(14)7(6)18-8/h1-3,14H,4H2/t8-/m0/s1. The second-order valence-electron chi connectivity index (χ2n) is 3.55. The van der Waals surface area contributed by atoms with E-state index in [0.717, 1.165) is 0 Å². The molecule has 1 aliphatic rings. The van der Waals surface area contributed by atoms with Gasteiger partial charge in [-0.25, -0.2) is 0 Å². The van der Waals surface area contributed by atoms with Crippen LogP contribution in [0.5, 0.6) is 17.2 Å². The van der Waals surface area contributed by atoms with Gasteiger partial charge in [0.15, 0.2) is 11.5 Å². The predicted molar refractivity (Wildman–Crippen MR) is 64.2 cm³/mol. The fourth-order valence-corrected chi connectivity index (χ4v) is 1.90. The van der Waals surface area contributed by atoms with Crippen molar-refractivity contribution in [1.82, 2.24) is 0 Å². The van der Waals surface area contributed by atoms with Crippen molar-refractivity contribution in [2.45, 2.75) is 9.58 Å². The topological polar surface area (TPSA) is 81.8 Å². The smallest absolute Gasteiger partial charge is 0.365 e. The number of rotatable bonds is 2. The molecule has 1 heterocycles. The van der Waals surface area contributed by atoms with E-state index in [2.05, 4.69) is 0 Å². The number of hydrogen-bond acceptors (Lipinski definition) is 5. The minimum atomic E-state index is -2.20. The summed E-state index contributed by atoms with van der Waals surface area (Å²) in [4.78, 5) is 9.92. The number of ether oxygens (including phenoxy) is 2. The fourth-order valence-electron chi connectivity index (χ4n) is 1.49. The second-order valence-corrected chi connectivity index (χ2v) is 5.83. The van der Waals surface area contributed by atoms with Crippen molar-refractivity contribution in [2.24, 2.45) is 0 Å². The van der Waals surface area contributed by atoms with Crippen molar-refractivity contribution in [2.75, 3.05) is 6.54 Å². The van der Waals surface area contributed by atoms with Crippen LogP contribution >= 0.6 is 34.8 Å². The Morgan fingerprint density at radius 2 is 2.06 bits per heavy atom. The molecular formula is C9H6Cl3NO5. The Hall–Kier alpha value is -1.11. The predicted octanol–water partition coefficient (Wildman–Crippen LogP) is 2.51. The largest absolute Gasteiger partial charge is 0.504 e. The van der Waals surface area contributed by atoms with E-state index in [0.29, 0.717) is 0 Å². The Morgan fingerprint density at radius 3 is 2.56 bits per heavy atom. The number of nitro groups is 1. The van der Waals surface area contributed by atoms with Crippen molar-refractivity contribution in [1.29, 1.82) is 0 Å². The van der Waals surface area contributed by atoms with Crippen molar-refractivity contribution in [3.8, 4) is 17.2 Å². The minimum absolute atomic E-state index is 0.0724. The molecule has 2 rings (SSSR count). The number of aromatic hydroxyl groups is 1. The third-order valence-corrected chi connectivity index (χ3v) is 3.13. The van der Waals surface area contributed by atoms with Gasteiger partial charge in [0.25, 0.3) is 10.3 Å². The summed E-state index contributed by atoms with van der Waals surface area (Å²) in [5.74, 6) is -2.39. The van der Waals surface area contributed by atoms with Gasteiger partial charge in [0.2, 0.25) is 5.75 Å². The van der Waals surface area contributed by atoms with E-state index in [-0.39, 0.29) is 17.2 Å². The highest BCUT2D eigenvalue weighted by molar-refractivity contribution is 6.68. The lowest BCUT2D eigenvalue weighted by atomic mass is 10.3. The number of para-hydroxylation sites is 1. The van der Waals surface area contributed by atoms with Crippen LogP contribution in [0.25, 0.3) is 0 Å². The van der Waals surface area contributed by atoms with E-state index in [9.17, 15) is 15.2 Å². The maximum Gasteiger partial charge on any atom is 0.365 e. The lowest BCUT2D eigenvalue weighted by Crippen LogP contribution is -2.55. The van der Waals surface area contributed by atoms with Crippen molar-refractivity contribution >= 4 is 34.8 Å². The molecule has 0 amide bonds. The second kappa shape index (κ2) is 4.22. The van der Waals surface area contributed by atoms with Crippen LogP contribution < -0.4 is 9.47 Å². The first-order chi connectivity index (χ1) is 8.25. The van der Waals surface area contributed by atoms with E-state index >= 15 is 0 Å². The molecule has 0 bridgehead atoms. The average Bonchev–Trinajstić information content (AvgIpc) is 2.57. The summed E-state index contributed by atoms with van der Waals surface area (Å²) >= 11 is 17.0. The highest BCUT2D eigenvalue weighted by atomic mass is 35.6. The first kappa shape index (κ1) is 13.3. The third-order valence-electron chi connectivity index (χ3n) is 2.27. The third kappa shape index (κ3) is 2.11. The molecule has 0 unspecified atom stereocenters. The molecule has 1 N–H and O–H groups in total. The van der Waals surface area contributed by atoms with Gasteiger partial charge >= 0.3 is 5.79 Å². The molecule has 1 aromatic carbocycles. The maximum atomic E-state index is 10.7. The quantitative estimate of drug-likeness (QED) is 0.515.